The van der Waals surface area contributed by atoms with E-state index in [1.165, 1.54) is 6.20 Å². The van der Waals surface area contributed by atoms with Gasteiger partial charge < -0.3 is 10.2 Å². The maximum atomic E-state index is 12.1. The zero-order valence-corrected chi connectivity index (χ0v) is 12.8. The molecule has 1 aromatic carbocycles. The van der Waals surface area contributed by atoms with E-state index in [2.05, 4.69) is 15.3 Å². The molecule has 6 nitrogen and oxygen atoms in total. The molecule has 1 aliphatic rings. The molecule has 2 atom stereocenters. The molecule has 1 saturated heterocycles. The highest BCUT2D eigenvalue weighted by Gasteiger charge is 2.38. The van der Waals surface area contributed by atoms with Gasteiger partial charge in [-0.15, -0.1) is 0 Å². The number of amides is 1. The number of likely N-dealkylation sites (tertiary alicyclic amines) is 1. The van der Waals surface area contributed by atoms with Crippen LogP contribution in [-0.2, 0) is 4.79 Å². The SMILES string of the molecule is CN1C(=O)C[C@@H](CNc2nccnc2C#N)[C@@H]1c1ccccc1. The van der Waals surface area contributed by atoms with Crippen molar-refractivity contribution < 1.29 is 4.79 Å². The molecule has 6 heteroatoms. The van der Waals surface area contributed by atoms with Gasteiger partial charge in [0.2, 0.25) is 5.91 Å². The van der Waals surface area contributed by atoms with Crippen LogP contribution in [-0.4, -0.2) is 34.4 Å². The van der Waals surface area contributed by atoms with Gasteiger partial charge in [0.25, 0.3) is 0 Å². The Labute approximate surface area is 134 Å². The van der Waals surface area contributed by atoms with Gasteiger partial charge in [-0.2, -0.15) is 5.26 Å². The maximum absolute atomic E-state index is 12.1. The summed E-state index contributed by atoms with van der Waals surface area (Å²) >= 11 is 0. The third kappa shape index (κ3) is 2.99. The molecule has 1 amide bonds. The van der Waals surface area contributed by atoms with Gasteiger partial charge in [0.05, 0.1) is 6.04 Å². The van der Waals surface area contributed by atoms with Crippen molar-refractivity contribution in [2.45, 2.75) is 12.5 Å². The van der Waals surface area contributed by atoms with E-state index in [9.17, 15) is 4.79 Å². The van der Waals surface area contributed by atoms with E-state index in [0.29, 0.717) is 18.8 Å². The Bertz CT molecular complexity index is 740. The largest absolute Gasteiger partial charge is 0.367 e. The third-order valence-corrected chi connectivity index (χ3v) is 4.17. The van der Waals surface area contributed by atoms with Crippen LogP contribution in [0.5, 0.6) is 0 Å². The second-order valence-corrected chi connectivity index (χ2v) is 5.57. The minimum absolute atomic E-state index is 0.0263. The normalized spacial score (nSPS) is 20.3. The predicted octanol–water partition coefficient (Wildman–Crippen LogP) is 1.98. The minimum Gasteiger partial charge on any atom is -0.367 e. The van der Waals surface area contributed by atoms with Gasteiger partial charge in [-0.3, -0.25) is 4.79 Å². The van der Waals surface area contributed by atoms with Crippen LogP contribution in [0.2, 0.25) is 0 Å². The summed E-state index contributed by atoms with van der Waals surface area (Å²) in [6.45, 7) is 0.559. The van der Waals surface area contributed by atoms with Gasteiger partial charge in [0.15, 0.2) is 11.5 Å². The van der Waals surface area contributed by atoms with Crippen molar-refractivity contribution in [1.29, 1.82) is 5.26 Å². The molecular weight excluding hydrogens is 290 g/mol. The first-order valence-electron chi connectivity index (χ1n) is 7.46. The van der Waals surface area contributed by atoms with E-state index in [0.717, 1.165) is 5.56 Å². The van der Waals surface area contributed by atoms with Crippen LogP contribution in [0.4, 0.5) is 5.82 Å². The van der Waals surface area contributed by atoms with Crippen LogP contribution >= 0.6 is 0 Å². The number of rotatable bonds is 4. The summed E-state index contributed by atoms with van der Waals surface area (Å²) in [4.78, 5) is 22.1. The quantitative estimate of drug-likeness (QED) is 0.934. The lowest BCUT2D eigenvalue weighted by Crippen LogP contribution is -2.26. The van der Waals surface area contributed by atoms with E-state index in [-0.39, 0.29) is 23.6 Å². The first-order valence-corrected chi connectivity index (χ1v) is 7.46. The third-order valence-electron chi connectivity index (χ3n) is 4.17. The summed E-state index contributed by atoms with van der Waals surface area (Å²) in [5, 5.41) is 12.2. The van der Waals surface area contributed by atoms with Gasteiger partial charge in [0.1, 0.15) is 6.07 Å². The number of anilines is 1. The number of nitrogens with one attached hydrogen (secondary N) is 1. The standard InChI is InChI=1S/C17H17N5O/c1-22-15(23)9-13(16(22)12-5-3-2-4-6-12)11-21-17-14(10-18)19-7-8-20-17/h2-8,13,16H,9,11H2,1H3,(H,20,21)/t13-,16-/m0/s1. The molecule has 0 saturated carbocycles. The minimum atomic E-state index is 0.0263. The molecule has 1 fully saturated rings. The highest BCUT2D eigenvalue weighted by atomic mass is 16.2. The fourth-order valence-corrected chi connectivity index (χ4v) is 3.06. The fourth-order valence-electron chi connectivity index (χ4n) is 3.06. The van der Waals surface area contributed by atoms with Gasteiger partial charge in [-0.05, 0) is 5.56 Å². The molecule has 23 heavy (non-hydrogen) atoms. The summed E-state index contributed by atoms with van der Waals surface area (Å²) in [6, 6.07) is 12.0. The van der Waals surface area contributed by atoms with Gasteiger partial charge in [0, 0.05) is 38.3 Å². The molecule has 0 spiro atoms. The van der Waals surface area contributed by atoms with Crippen molar-refractivity contribution >= 4 is 11.7 Å². The zero-order chi connectivity index (χ0) is 16.2. The van der Waals surface area contributed by atoms with Gasteiger partial charge >= 0.3 is 0 Å². The second-order valence-electron chi connectivity index (χ2n) is 5.57. The molecule has 1 aliphatic heterocycles. The molecule has 0 unspecified atom stereocenters. The van der Waals surface area contributed by atoms with Crippen LogP contribution in [0.25, 0.3) is 0 Å². The van der Waals surface area contributed by atoms with Crippen molar-refractivity contribution in [1.82, 2.24) is 14.9 Å². The van der Waals surface area contributed by atoms with Gasteiger partial charge in [-0.25, -0.2) is 9.97 Å². The van der Waals surface area contributed by atoms with Crippen LogP contribution in [0.3, 0.4) is 0 Å². The van der Waals surface area contributed by atoms with Crippen molar-refractivity contribution in [2.24, 2.45) is 5.92 Å². The average Bonchev–Trinajstić information content (AvgIpc) is 2.88. The Hall–Kier alpha value is -2.94. The topological polar surface area (TPSA) is 81.9 Å². The number of nitrogens with zero attached hydrogens (tertiary/aromatic N) is 4. The van der Waals surface area contributed by atoms with Crippen molar-refractivity contribution in [3.8, 4) is 6.07 Å². The van der Waals surface area contributed by atoms with Crippen molar-refractivity contribution in [2.75, 3.05) is 18.9 Å². The Morgan fingerprint density at radius 2 is 2.04 bits per heavy atom. The molecule has 1 aromatic heterocycles. The van der Waals surface area contributed by atoms with Crippen LogP contribution in [0.15, 0.2) is 42.7 Å². The lowest BCUT2D eigenvalue weighted by atomic mass is 9.93. The Morgan fingerprint density at radius 3 is 2.78 bits per heavy atom. The molecule has 3 rings (SSSR count). The van der Waals surface area contributed by atoms with E-state index in [4.69, 9.17) is 5.26 Å². The first kappa shape index (κ1) is 15.0. The molecule has 1 N–H and O–H groups in total. The Kier molecular flexibility index (Phi) is 4.20. The summed E-state index contributed by atoms with van der Waals surface area (Å²) < 4.78 is 0. The molecule has 2 heterocycles. The van der Waals surface area contributed by atoms with Gasteiger partial charge in [-0.1, -0.05) is 30.3 Å². The zero-order valence-electron chi connectivity index (χ0n) is 12.8. The fraction of sp³-hybridized carbons (Fsp3) is 0.294. The number of carbonyl (C=O) groups excluding carboxylic acids is 1. The number of aromatic nitrogens is 2. The monoisotopic (exact) mass is 307 g/mol. The number of hydrogen-bond donors (Lipinski definition) is 1. The Balaban J connectivity index is 1.78. The molecule has 116 valence electrons. The molecule has 2 aromatic rings. The summed E-state index contributed by atoms with van der Waals surface area (Å²) in [5.41, 5.74) is 1.38. The molecule has 0 radical (unpaired) electrons. The molecule has 0 aliphatic carbocycles. The lowest BCUT2D eigenvalue weighted by molar-refractivity contribution is -0.127. The summed E-state index contributed by atoms with van der Waals surface area (Å²) in [6.07, 6.45) is 3.51. The summed E-state index contributed by atoms with van der Waals surface area (Å²) in [5.74, 6) is 0.706. The van der Waals surface area contributed by atoms with E-state index < -0.39 is 0 Å². The molecule has 0 bridgehead atoms. The number of hydrogen-bond acceptors (Lipinski definition) is 5. The lowest BCUT2D eigenvalue weighted by Gasteiger charge is -2.25. The number of benzene rings is 1. The van der Waals surface area contributed by atoms with Crippen molar-refractivity contribution in [3.05, 3.63) is 54.0 Å². The molecular formula is C17H17N5O. The average molecular weight is 307 g/mol. The highest BCUT2D eigenvalue weighted by molar-refractivity contribution is 5.79. The van der Waals surface area contributed by atoms with Crippen LogP contribution in [0.1, 0.15) is 23.7 Å². The smallest absolute Gasteiger partial charge is 0.223 e. The maximum Gasteiger partial charge on any atom is 0.223 e. The van der Waals surface area contributed by atoms with E-state index in [1.54, 1.807) is 11.1 Å². The van der Waals surface area contributed by atoms with E-state index >= 15 is 0 Å². The summed E-state index contributed by atoms with van der Waals surface area (Å²) in [7, 11) is 1.84. The predicted molar refractivity (Wildman–Crippen MR) is 85.3 cm³/mol. The van der Waals surface area contributed by atoms with E-state index in [1.807, 2.05) is 43.4 Å². The first-order chi connectivity index (χ1) is 11.2. The number of nitriles is 1. The van der Waals surface area contributed by atoms with Crippen LogP contribution in [0, 0.1) is 17.2 Å². The van der Waals surface area contributed by atoms with Crippen LogP contribution < -0.4 is 5.32 Å². The number of carbonyl (C=O) groups is 1. The second kappa shape index (κ2) is 6.44. The van der Waals surface area contributed by atoms with Crippen molar-refractivity contribution in [3.63, 3.8) is 0 Å². The Morgan fingerprint density at radius 1 is 1.30 bits per heavy atom. The highest BCUT2D eigenvalue weighted by Crippen LogP contribution is 2.36.